The molecule has 0 spiro atoms. The van der Waals surface area contributed by atoms with Crippen LogP contribution >= 0.6 is 11.3 Å². The molecule has 1 aromatic heterocycles. The minimum Gasteiger partial charge on any atom is -0.497 e. The molecule has 1 amide bonds. The number of hydrogen-bond donors (Lipinski definition) is 1. The van der Waals surface area contributed by atoms with Crippen molar-refractivity contribution in [3.05, 3.63) is 87.8 Å². The van der Waals surface area contributed by atoms with E-state index in [1.807, 2.05) is 24.3 Å². The van der Waals surface area contributed by atoms with Crippen LogP contribution in [0.1, 0.15) is 35.2 Å². The number of para-hydroxylation sites is 2. The van der Waals surface area contributed by atoms with Gasteiger partial charge < -0.3 is 10.1 Å². The van der Waals surface area contributed by atoms with Crippen molar-refractivity contribution in [3.8, 4) is 5.75 Å². The molecule has 2 atom stereocenters. The van der Waals surface area contributed by atoms with Crippen LogP contribution < -0.4 is 15.0 Å². The lowest BCUT2D eigenvalue weighted by Crippen LogP contribution is -2.45. The first-order valence-corrected chi connectivity index (χ1v) is 11.9. The number of methoxy groups -OCH3 is 1. The maximum Gasteiger partial charge on any atom is 0.471 e. The van der Waals surface area contributed by atoms with Gasteiger partial charge in [0.25, 0.3) is 0 Å². The second kappa shape index (κ2) is 8.88. The van der Waals surface area contributed by atoms with E-state index >= 15 is 0 Å². The fraction of sp³-hybridized carbons (Fsp3) is 0.231. The van der Waals surface area contributed by atoms with E-state index < -0.39 is 18.1 Å². The van der Waals surface area contributed by atoms with Crippen molar-refractivity contribution in [2.45, 2.75) is 31.0 Å². The Hall–Kier alpha value is -3.59. The normalized spacial score (nSPS) is 20.0. The highest BCUT2D eigenvalue weighted by atomic mass is 32.1. The highest BCUT2D eigenvalue weighted by Gasteiger charge is 2.50. The van der Waals surface area contributed by atoms with E-state index in [2.05, 4.69) is 5.32 Å². The number of ether oxygens (including phenoxy) is 1. The number of fused-ring (bicyclic) bond motifs is 1. The molecule has 5 rings (SSSR count). The van der Waals surface area contributed by atoms with Gasteiger partial charge in [-0.15, -0.1) is 11.3 Å². The number of alkyl halides is 3. The van der Waals surface area contributed by atoms with E-state index in [-0.39, 0.29) is 29.4 Å². The molecule has 35 heavy (non-hydrogen) atoms. The van der Waals surface area contributed by atoms with Crippen LogP contribution in [0.25, 0.3) is 0 Å². The highest BCUT2D eigenvalue weighted by Crippen LogP contribution is 2.49. The quantitative estimate of drug-likeness (QED) is 0.466. The number of nitrogens with one attached hydrogen (secondary N) is 1. The van der Waals surface area contributed by atoms with E-state index in [0.717, 1.165) is 10.5 Å². The first-order chi connectivity index (χ1) is 16.8. The Morgan fingerprint density at radius 2 is 1.80 bits per heavy atom. The second-order valence-corrected chi connectivity index (χ2v) is 9.41. The summed E-state index contributed by atoms with van der Waals surface area (Å²) < 4.78 is 46.7. The van der Waals surface area contributed by atoms with E-state index in [9.17, 15) is 22.8 Å². The number of allylic oxidation sites excluding steroid dienone is 1. The third kappa shape index (κ3) is 4.20. The second-order valence-electron chi connectivity index (χ2n) is 8.43. The van der Waals surface area contributed by atoms with Crippen molar-refractivity contribution in [3.63, 3.8) is 0 Å². The standard InChI is InChI=1S/C26H21F3N2O3S/c1-34-17-10-8-15(9-11-17)16-13-19-23(21(32)14-16)24(22-7-4-12-35-22)31(25(33)26(27,28)29)20-6-3-2-5-18(20)30-19/h2-12,16,24,30H,13-14H2,1H3/t16-,24-/m0/s1. The molecule has 3 aromatic rings. The van der Waals surface area contributed by atoms with Crippen molar-refractivity contribution in [2.75, 3.05) is 17.3 Å². The van der Waals surface area contributed by atoms with Gasteiger partial charge >= 0.3 is 12.1 Å². The Labute approximate surface area is 203 Å². The first-order valence-electron chi connectivity index (χ1n) is 11.0. The number of nitrogens with zero attached hydrogens (tertiary/aromatic N) is 1. The van der Waals surface area contributed by atoms with Crippen LogP contribution in [0.5, 0.6) is 5.75 Å². The molecular formula is C26H21F3N2O3S. The number of amides is 1. The number of carbonyl (C=O) groups is 2. The number of carbonyl (C=O) groups excluding carboxylic acids is 2. The van der Waals surface area contributed by atoms with E-state index in [4.69, 9.17) is 4.74 Å². The molecule has 1 aliphatic carbocycles. The predicted octanol–water partition coefficient (Wildman–Crippen LogP) is 6.22. The Balaban J connectivity index is 1.67. The average Bonchev–Trinajstić information content (AvgIpc) is 3.32. The molecule has 2 aromatic carbocycles. The monoisotopic (exact) mass is 498 g/mol. The van der Waals surface area contributed by atoms with Crippen LogP contribution in [-0.4, -0.2) is 25.0 Å². The van der Waals surface area contributed by atoms with Gasteiger partial charge in [-0.2, -0.15) is 13.2 Å². The number of rotatable bonds is 3. The molecule has 2 aliphatic rings. The minimum absolute atomic E-state index is 0.0800. The molecule has 5 nitrogen and oxygen atoms in total. The summed E-state index contributed by atoms with van der Waals surface area (Å²) in [7, 11) is 1.57. The Morgan fingerprint density at radius 3 is 2.46 bits per heavy atom. The number of hydrogen-bond acceptors (Lipinski definition) is 5. The smallest absolute Gasteiger partial charge is 0.471 e. The summed E-state index contributed by atoms with van der Waals surface area (Å²) in [6.45, 7) is 0. The molecule has 2 heterocycles. The molecule has 0 saturated heterocycles. The summed E-state index contributed by atoms with van der Waals surface area (Å²) in [4.78, 5) is 27.6. The topological polar surface area (TPSA) is 58.6 Å². The van der Waals surface area contributed by atoms with Gasteiger partial charge in [0.05, 0.1) is 18.5 Å². The summed E-state index contributed by atoms with van der Waals surface area (Å²) in [6, 6.07) is 15.9. The lowest BCUT2D eigenvalue weighted by molar-refractivity contribution is -0.170. The Morgan fingerprint density at radius 1 is 1.06 bits per heavy atom. The fourth-order valence-electron chi connectivity index (χ4n) is 4.78. The summed E-state index contributed by atoms with van der Waals surface area (Å²) in [5.74, 6) is -1.77. The molecule has 1 aliphatic heterocycles. The third-order valence-corrected chi connectivity index (χ3v) is 7.27. The number of benzene rings is 2. The van der Waals surface area contributed by atoms with Crippen LogP contribution in [0.3, 0.4) is 0 Å². The molecule has 0 bridgehead atoms. The van der Waals surface area contributed by atoms with Crippen molar-refractivity contribution in [1.82, 2.24) is 0 Å². The number of Topliss-reactive ketones (excluding diaryl/α,β-unsaturated/α-hetero) is 1. The third-order valence-electron chi connectivity index (χ3n) is 6.35. The zero-order chi connectivity index (χ0) is 24.7. The summed E-state index contributed by atoms with van der Waals surface area (Å²) in [5.41, 5.74) is 2.09. The molecule has 0 radical (unpaired) electrons. The van der Waals surface area contributed by atoms with Crippen LogP contribution in [-0.2, 0) is 9.59 Å². The van der Waals surface area contributed by atoms with Crippen LogP contribution in [0.15, 0.2) is 77.3 Å². The maximum atomic E-state index is 13.8. The van der Waals surface area contributed by atoms with E-state index in [1.165, 1.54) is 17.4 Å². The molecule has 0 unspecified atom stereocenters. The predicted molar refractivity (Wildman–Crippen MR) is 128 cm³/mol. The maximum absolute atomic E-state index is 13.8. The van der Waals surface area contributed by atoms with Crippen molar-refractivity contribution in [1.29, 1.82) is 0 Å². The summed E-state index contributed by atoms with van der Waals surface area (Å²) in [6.07, 6.45) is -4.58. The largest absolute Gasteiger partial charge is 0.497 e. The summed E-state index contributed by atoms with van der Waals surface area (Å²) in [5, 5.41) is 4.95. The molecule has 1 N–H and O–H groups in total. The van der Waals surface area contributed by atoms with E-state index in [1.54, 1.807) is 42.8 Å². The van der Waals surface area contributed by atoms with E-state index in [0.29, 0.717) is 28.4 Å². The van der Waals surface area contributed by atoms with Gasteiger partial charge in [-0.1, -0.05) is 30.3 Å². The van der Waals surface area contributed by atoms with Crippen molar-refractivity contribution >= 4 is 34.4 Å². The molecule has 0 fully saturated rings. The van der Waals surface area contributed by atoms with Gasteiger partial charge in [-0.25, -0.2) is 0 Å². The van der Waals surface area contributed by atoms with Crippen LogP contribution in [0.4, 0.5) is 24.5 Å². The SMILES string of the molecule is COc1ccc([C@@H]2CC(=O)C3=C(C2)Nc2ccccc2N(C(=O)C(F)(F)F)[C@H]3c2cccs2)cc1. The van der Waals surface area contributed by atoms with Gasteiger partial charge in [0.1, 0.15) is 11.8 Å². The number of halogens is 3. The van der Waals surface area contributed by atoms with Gasteiger partial charge in [-0.05, 0) is 53.6 Å². The average molecular weight is 499 g/mol. The molecule has 0 saturated carbocycles. The van der Waals surface area contributed by atoms with Crippen LogP contribution in [0, 0.1) is 0 Å². The summed E-state index contributed by atoms with van der Waals surface area (Å²) >= 11 is 1.21. The fourth-order valence-corrected chi connectivity index (χ4v) is 5.60. The van der Waals surface area contributed by atoms with Crippen molar-refractivity contribution < 1.29 is 27.5 Å². The van der Waals surface area contributed by atoms with Crippen molar-refractivity contribution in [2.24, 2.45) is 0 Å². The van der Waals surface area contributed by atoms with Gasteiger partial charge in [0.2, 0.25) is 0 Å². The Bertz CT molecular complexity index is 1300. The highest BCUT2D eigenvalue weighted by molar-refractivity contribution is 7.10. The lowest BCUT2D eigenvalue weighted by atomic mass is 9.79. The lowest BCUT2D eigenvalue weighted by Gasteiger charge is -2.34. The minimum atomic E-state index is -5.11. The molecular weight excluding hydrogens is 477 g/mol. The molecule has 180 valence electrons. The molecule has 9 heteroatoms. The van der Waals surface area contributed by atoms with Gasteiger partial charge in [-0.3, -0.25) is 14.5 Å². The zero-order valence-corrected chi connectivity index (χ0v) is 19.5. The first kappa shape index (κ1) is 23.2. The number of anilines is 2. The van der Waals surface area contributed by atoms with Gasteiger partial charge in [0.15, 0.2) is 5.78 Å². The Kier molecular flexibility index (Phi) is 5.88. The van der Waals surface area contributed by atoms with Crippen LogP contribution in [0.2, 0.25) is 0 Å². The number of thiophene rings is 1. The van der Waals surface area contributed by atoms with Gasteiger partial charge in [0, 0.05) is 22.6 Å². The zero-order valence-electron chi connectivity index (χ0n) is 18.6. The number of ketones is 1.